The van der Waals surface area contributed by atoms with Gasteiger partial charge in [0.2, 0.25) is 0 Å². The molecule has 0 atom stereocenters. The summed E-state index contributed by atoms with van der Waals surface area (Å²) in [6, 6.07) is 0. The highest BCUT2D eigenvalue weighted by atomic mass is 15.1. The van der Waals surface area contributed by atoms with Crippen molar-refractivity contribution in [2.75, 3.05) is 19.6 Å². The summed E-state index contributed by atoms with van der Waals surface area (Å²) in [4.78, 5) is 2.68. The van der Waals surface area contributed by atoms with Crippen LogP contribution in [-0.2, 0) is 0 Å². The number of rotatable bonds is 28. The van der Waals surface area contributed by atoms with E-state index in [1.807, 2.05) is 0 Å². The second-order valence-corrected chi connectivity index (χ2v) is 10.6. The fraction of sp³-hybridized carbons (Fsp3) is 1.00. The molecular weight excluding hydrogens is 386 g/mol. The summed E-state index contributed by atoms with van der Waals surface area (Å²) in [7, 11) is 0. The Kier molecular flexibility index (Phi) is 29.0. The van der Waals surface area contributed by atoms with Crippen LogP contribution in [0.15, 0.2) is 0 Å². The van der Waals surface area contributed by atoms with E-state index >= 15 is 0 Å². The van der Waals surface area contributed by atoms with E-state index in [0.717, 1.165) is 0 Å². The molecule has 0 saturated carbocycles. The molecule has 0 aliphatic carbocycles. The molecule has 0 saturated heterocycles. The molecule has 1 heteroatoms. The molecule has 194 valence electrons. The second kappa shape index (κ2) is 29.0. The van der Waals surface area contributed by atoms with Crippen molar-refractivity contribution < 1.29 is 0 Å². The number of hydrogen-bond acceptors (Lipinski definition) is 1. The first-order valence-electron chi connectivity index (χ1n) is 15.6. The van der Waals surface area contributed by atoms with Crippen LogP contribution in [0.4, 0.5) is 0 Å². The SMILES string of the molecule is CCCCCCCCCCCCCCCCCCCCCCN(CC)CCCCCCC. The average molecular weight is 452 g/mol. The maximum absolute atomic E-state index is 2.68. The largest absolute Gasteiger partial charge is 0.304 e. The molecule has 1 nitrogen and oxygen atoms in total. The van der Waals surface area contributed by atoms with E-state index in [0.29, 0.717) is 0 Å². The predicted octanol–water partition coefficient (Wildman–Crippen LogP) is 11.1. The van der Waals surface area contributed by atoms with Crippen molar-refractivity contribution >= 4 is 0 Å². The fourth-order valence-corrected chi connectivity index (χ4v) is 4.96. The van der Waals surface area contributed by atoms with Gasteiger partial charge in [-0.3, -0.25) is 0 Å². The first kappa shape index (κ1) is 32.0. The molecule has 0 aromatic carbocycles. The lowest BCUT2D eigenvalue weighted by Gasteiger charge is -2.20. The van der Waals surface area contributed by atoms with E-state index in [4.69, 9.17) is 0 Å². The Bertz CT molecular complexity index is 314. The van der Waals surface area contributed by atoms with Crippen LogP contribution in [0.5, 0.6) is 0 Å². The van der Waals surface area contributed by atoms with E-state index < -0.39 is 0 Å². The summed E-state index contributed by atoms with van der Waals surface area (Å²) in [5.74, 6) is 0. The third-order valence-corrected chi connectivity index (χ3v) is 7.35. The molecule has 0 rings (SSSR count). The normalized spacial score (nSPS) is 11.6. The third-order valence-electron chi connectivity index (χ3n) is 7.35. The zero-order chi connectivity index (χ0) is 23.4. The van der Waals surface area contributed by atoms with E-state index in [1.54, 1.807) is 0 Å². The van der Waals surface area contributed by atoms with Crippen LogP contribution < -0.4 is 0 Å². The predicted molar refractivity (Wildman–Crippen MR) is 149 cm³/mol. The van der Waals surface area contributed by atoms with Gasteiger partial charge in [0.25, 0.3) is 0 Å². The van der Waals surface area contributed by atoms with Crippen LogP contribution in [0.1, 0.15) is 181 Å². The van der Waals surface area contributed by atoms with Crippen molar-refractivity contribution in [3.63, 3.8) is 0 Å². The number of hydrogen-bond donors (Lipinski definition) is 0. The van der Waals surface area contributed by atoms with E-state index in [-0.39, 0.29) is 0 Å². The van der Waals surface area contributed by atoms with Crippen molar-refractivity contribution in [2.45, 2.75) is 181 Å². The lowest BCUT2D eigenvalue weighted by Crippen LogP contribution is -2.25. The second-order valence-electron chi connectivity index (χ2n) is 10.6. The highest BCUT2D eigenvalue weighted by molar-refractivity contribution is 4.57. The van der Waals surface area contributed by atoms with Crippen LogP contribution in [0, 0.1) is 0 Å². The highest BCUT2D eigenvalue weighted by Gasteiger charge is 2.02. The highest BCUT2D eigenvalue weighted by Crippen LogP contribution is 2.15. The van der Waals surface area contributed by atoms with Crippen LogP contribution >= 0.6 is 0 Å². The van der Waals surface area contributed by atoms with Crippen molar-refractivity contribution in [2.24, 2.45) is 0 Å². The molecule has 0 aliphatic heterocycles. The Morgan fingerprint density at radius 2 is 0.500 bits per heavy atom. The number of unbranched alkanes of at least 4 members (excludes halogenated alkanes) is 23. The minimum Gasteiger partial charge on any atom is -0.304 e. The first-order valence-corrected chi connectivity index (χ1v) is 15.6. The monoisotopic (exact) mass is 452 g/mol. The summed E-state index contributed by atoms with van der Waals surface area (Å²) in [6.07, 6.45) is 36.5. The van der Waals surface area contributed by atoms with Gasteiger partial charge in [-0.2, -0.15) is 0 Å². The summed E-state index contributed by atoms with van der Waals surface area (Å²) in [5, 5.41) is 0. The Labute approximate surface area is 205 Å². The maximum atomic E-state index is 2.68. The lowest BCUT2D eigenvalue weighted by molar-refractivity contribution is 0.273. The standard InChI is InChI=1S/C31H65N/c1-4-7-9-11-12-13-14-15-16-17-18-19-20-21-22-23-24-25-27-29-31-32(6-3)30-28-26-10-8-5-2/h4-31H2,1-3H3. The molecule has 0 unspecified atom stereocenters. The molecule has 0 fully saturated rings. The van der Waals surface area contributed by atoms with Crippen molar-refractivity contribution in [1.82, 2.24) is 4.90 Å². The van der Waals surface area contributed by atoms with Crippen LogP contribution in [0.25, 0.3) is 0 Å². The van der Waals surface area contributed by atoms with Gasteiger partial charge in [-0.25, -0.2) is 0 Å². The zero-order valence-corrected chi connectivity index (χ0v) is 23.2. The molecule has 32 heavy (non-hydrogen) atoms. The molecule has 0 heterocycles. The molecule has 0 amide bonds. The van der Waals surface area contributed by atoms with Crippen molar-refractivity contribution in [3.8, 4) is 0 Å². The summed E-state index contributed by atoms with van der Waals surface area (Å²) in [6.45, 7) is 10.9. The van der Waals surface area contributed by atoms with Crippen LogP contribution in [-0.4, -0.2) is 24.5 Å². The maximum Gasteiger partial charge on any atom is -0.00189 e. The molecule has 0 aliphatic rings. The van der Waals surface area contributed by atoms with E-state index in [9.17, 15) is 0 Å². The molecule has 0 aromatic rings. The number of nitrogens with zero attached hydrogens (tertiary/aromatic N) is 1. The van der Waals surface area contributed by atoms with Crippen LogP contribution in [0.3, 0.4) is 0 Å². The quantitative estimate of drug-likeness (QED) is 0.107. The molecule has 0 bridgehead atoms. The Morgan fingerprint density at radius 3 is 0.719 bits per heavy atom. The molecule has 0 spiro atoms. The lowest BCUT2D eigenvalue weighted by atomic mass is 10.0. The Balaban J connectivity index is 3.16. The van der Waals surface area contributed by atoms with E-state index in [1.165, 1.54) is 180 Å². The zero-order valence-electron chi connectivity index (χ0n) is 23.2. The van der Waals surface area contributed by atoms with Gasteiger partial charge >= 0.3 is 0 Å². The van der Waals surface area contributed by atoms with Gasteiger partial charge in [0.1, 0.15) is 0 Å². The van der Waals surface area contributed by atoms with Gasteiger partial charge in [0.05, 0.1) is 0 Å². The van der Waals surface area contributed by atoms with Crippen molar-refractivity contribution in [3.05, 3.63) is 0 Å². The Hall–Kier alpha value is -0.0400. The summed E-state index contributed by atoms with van der Waals surface area (Å²) < 4.78 is 0. The molecule has 0 aromatic heterocycles. The smallest absolute Gasteiger partial charge is 0.00189 e. The van der Waals surface area contributed by atoms with Gasteiger partial charge < -0.3 is 4.90 Å². The van der Waals surface area contributed by atoms with Crippen LogP contribution in [0.2, 0.25) is 0 Å². The summed E-state index contributed by atoms with van der Waals surface area (Å²) >= 11 is 0. The third kappa shape index (κ3) is 26.2. The van der Waals surface area contributed by atoms with Gasteiger partial charge in [-0.1, -0.05) is 168 Å². The minimum absolute atomic E-state index is 1.24. The van der Waals surface area contributed by atoms with Gasteiger partial charge in [-0.05, 0) is 32.5 Å². The minimum atomic E-state index is 1.24. The topological polar surface area (TPSA) is 3.24 Å². The first-order chi connectivity index (χ1) is 15.8. The Morgan fingerprint density at radius 1 is 0.281 bits per heavy atom. The fourth-order valence-electron chi connectivity index (χ4n) is 4.96. The van der Waals surface area contributed by atoms with Gasteiger partial charge in [-0.15, -0.1) is 0 Å². The van der Waals surface area contributed by atoms with Gasteiger partial charge in [0.15, 0.2) is 0 Å². The summed E-state index contributed by atoms with van der Waals surface area (Å²) in [5.41, 5.74) is 0. The van der Waals surface area contributed by atoms with Gasteiger partial charge in [0, 0.05) is 0 Å². The average Bonchev–Trinajstić information content (AvgIpc) is 2.81. The molecule has 0 N–H and O–H groups in total. The molecule has 0 radical (unpaired) electrons. The van der Waals surface area contributed by atoms with E-state index in [2.05, 4.69) is 25.7 Å². The molecular formula is C31H65N. The van der Waals surface area contributed by atoms with Crippen molar-refractivity contribution in [1.29, 1.82) is 0 Å².